The number of hydrogen-bond donors (Lipinski definition) is 2. The number of carbonyl (C=O) groups is 2. The highest BCUT2D eigenvalue weighted by molar-refractivity contribution is 7.99. The average Bonchev–Trinajstić information content (AvgIpc) is 3.39. The molecule has 1 fully saturated rings. The Kier molecular flexibility index (Phi) is 5.71. The molecule has 0 spiro atoms. The standard InChI is InChI=1S/C22H12Cl2N4O3S2/c23-14-7-5-11(9-15(14)24)28-20(30)13(19(29)27-22(28)32)10-12-6-8-18(31-12)33-21-25-16-3-1-2-4-17(16)26-21/h1-10H,(H,25,26)(H,27,29,32)/b13-10+. The lowest BCUT2D eigenvalue weighted by molar-refractivity contribution is -0.122. The number of imidazole rings is 1. The van der Waals surface area contributed by atoms with Crippen molar-refractivity contribution < 1.29 is 14.0 Å². The van der Waals surface area contributed by atoms with Gasteiger partial charge in [0.05, 0.1) is 26.8 Å². The maximum absolute atomic E-state index is 13.1. The van der Waals surface area contributed by atoms with Crippen LogP contribution >= 0.6 is 47.2 Å². The molecule has 2 aromatic heterocycles. The summed E-state index contributed by atoms with van der Waals surface area (Å²) in [6, 6.07) is 15.7. The zero-order chi connectivity index (χ0) is 23.1. The third-order valence-electron chi connectivity index (χ3n) is 4.72. The molecule has 1 aliphatic heterocycles. The Morgan fingerprint density at radius 2 is 1.88 bits per heavy atom. The summed E-state index contributed by atoms with van der Waals surface area (Å²) >= 11 is 18.5. The highest BCUT2D eigenvalue weighted by atomic mass is 35.5. The number of thiocarbonyl (C=S) groups is 1. The second-order valence-corrected chi connectivity index (χ2v) is 9.07. The van der Waals surface area contributed by atoms with Crippen molar-refractivity contribution in [2.24, 2.45) is 0 Å². The molecule has 2 amide bonds. The van der Waals surface area contributed by atoms with E-state index in [0.29, 0.717) is 26.7 Å². The SMILES string of the molecule is O=C1NC(=S)N(c2ccc(Cl)c(Cl)c2)C(=O)/C1=C/c1ccc(Sc2nc3ccccc3[nH]2)o1. The third-order valence-corrected chi connectivity index (χ3v) is 6.55. The van der Waals surface area contributed by atoms with Crippen LogP contribution in [0.2, 0.25) is 10.0 Å². The van der Waals surface area contributed by atoms with Crippen molar-refractivity contribution in [1.29, 1.82) is 0 Å². The minimum Gasteiger partial charge on any atom is -0.450 e. The van der Waals surface area contributed by atoms with E-state index in [1.807, 2.05) is 24.3 Å². The number of aromatic nitrogens is 2. The quantitative estimate of drug-likeness (QED) is 0.214. The maximum Gasteiger partial charge on any atom is 0.270 e. The molecule has 0 bridgehead atoms. The molecule has 2 aromatic carbocycles. The van der Waals surface area contributed by atoms with Gasteiger partial charge in [0.1, 0.15) is 11.3 Å². The predicted octanol–water partition coefficient (Wildman–Crippen LogP) is 5.45. The van der Waals surface area contributed by atoms with Gasteiger partial charge in [-0.15, -0.1) is 0 Å². The van der Waals surface area contributed by atoms with E-state index in [0.717, 1.165) is 11.0 Å². The normalized spacial score (nSPS) is 15.5. The molecule has 11 heteroatoms. The molecule has 7 nitrogen and oxygen atoms in total. The highest BCUT2D eigenvalue weighted by Gasteiger charge is 2.35. The van der Waals surface area contributed by atoms with Crippen molar-refractivity contribution in [2.45, 2.75) is 10.2 Å². The number of nitrogens with one attached hydrogen (secondary N) is 2. The monoisotopic (exact) mass is 514 g/mol. The summed E-state index contributed by atoms with van der Waals surface area (Å²) in [6.07, 6.45) is 1.37. The summed E-state index contributed by atoms with van der Waals surface area (Å²) in [7, 11) is 0. The number of fused-ring (bicyclic) bond motifs is 1. The van der Waals surface area contributed by atoms with Crippen LogP contribution in [0.4, 0.5) is 5.69 Å². The fraction of sp³-hybridized carbons (Fsp3) is 0. The molecule has 2 N–H and O–H groups in total. The van der Waals surface area contributed by atoms with Crippen LogP contribution in [0.3, 0.4) is 0 Å². The number of anilines is 1. The van der Waals surface area contributed by atoms with E-state index in [1.165, 1.54) is 28.8 Å². The van der Waals surface area contributed by atoms with Gasteiger partial charge < -0.3 is 9.40 Å². The van der Waals surface area contributed by atoms with Gasteiger partial charge in [-0.05, 0) is 72.5 Å². The molecule has 33 heavy (non-hydrogen) atoms. The van der Waals surface area contributed by atoms with Gasteiger partial charge in [-0.2, -0.15) is 0 Å². The molecule has 0 saturated carbocycles. The van der Waals surface area contributed by atoms with Gasteiger partial charge in [0.15, 0.2) is 15.4 Å². The number of hydrogen-bond acceptors (Lipinski definition) is 6. The van der Waals surface area contributed by atoms with Crippen molar-refractivity contribution in [1.82, 2.24) is 15.3 Å². The van der Waals surface area contributed by atoms with Crippen LogP contribution < -0.4 is 10.2 Å². The first-order chi connectivity index (χ1) is 15.9. The third kappa shape index (κ3) is 4.28. The van der Waals surface area contributed by atoms with E-state index in [-0.39, 0.29) is 15.7 Å². The molecule has 1 saturated heterocycles. The Hall–Kier alpha value is -3.11. The lowest BCUT2D eigenvalue weighted by atomic mass is 10.1. The number of halogens is 2. The first-order valence-corrected chi connectivity index (χ1v) is 11.5. The number of amides is 2. The van der Waals surface area contributed by atoms with Gasteiger partial charge in [0.25, 0.3) is 11.8 Å². The Balaban J connectivity index is 1.41. The van der Waals surface area contributed by atoms with Gasteiger partial charge >= 0.3 is 0 Å². The predicted molar refractivity (Wildman–Crippen MR) is 132 cm³/mol. The summed E-state index contributed by atoms with van der Waals surface area (Å²) in [5, 5.41) is 4.25. The fourth-order valence-corrected chi connectivity index (χ4v) is 4.54. The van der Waals surface area contributed by atoms with E-state index < -0.39 is 11.8 Å². The van der Waals surface area contributed by atoms with Gasteiger partial charge in [0, 0.05) is 0 Å². The maximum atomic E-state index is 13.1. The number of carbonyl (C=O) groups excluding carboxylic acids is 2. The van der Waals surface area contributed by atoms with Crippen LogP contribution in [0, 0.1) is 0 Å². The zero-order valence-corrected chi connectivity index (χ0v) is 19.6. The number of furan rings is 1. The van der Waals surface area contributed by atoms with Crippen molar-refractivity contribution in [3.05, 3.63) is 76.0 Å². The molecular weight excluding hydrogens is 503 g/mol. The van der Waals surface area contributed by atoms with Gasteiger partial charge in [-0.3, -0.25) is 19.8 Å². The Labute approximate surface area is 206 Å². The number of rotatable bonds is 4. The number of H-pyrrole nitrogens is 1. The van der Waals surface area contributed by atoms with Crippen LogP contribution in [0.1, 0.15) is 5.76 Å². The van der Waals surface area contributed by atoms with Gasteiger partial charge in [-0.1, -0.05) is 35.3 Å². The summed E-state index contributed by atoms with van der Waals surface area (Å²) in [5.41, 5.74) is 2.00. The van der Waals surface area contributed by atoms with Crippen LogP contribution in [-0.2, 0) is 9.59 Å². The van der Waals surface area contributed by atoms with Crippen molar-refractivity contribution in [3.63, 3.8) is 0 Å². The highest BCUT2D eigenvalue weighted by Crippen LogP contribution is 2.31. The summed E-state index contributed by atoms with van der Waals surface area (Å²) in [5.74, 6) is -0.900. The van der Waals surface area contributed by atoms with Gasteiger partial charge in [-0.25, -0.2) is 4.98 Å². The molecule has 0 radical (unpaired) electrons. The first-order valence-electron chi connectivity index (χ1n) is 9.48. The van der Waals surface area contributed by atoms with E-state index in [2.05, 4.69) is 15.3 Å². The molecule has 164 valence electrons. The Morgan fingerprint density at radius 1 is 1.06 bits per heavy atom. The second kappa shape index (κ2) is 8.68. The topological polar surface area (TPSA) is 91.2 Å². The summed E-state index contributed by atoms with van der Waals surface area (Å²) in [4.78, 5) is 34.5. The molecular formula is C22H12Cl2N4O3S2. The van der Waals surface area contributed by atoms with Crippen LogP contribution in [0.15, 0.2) is 74.8 Å². The van der Waals surface area contributed by atoms with E-state index in [4.69, 9.17) is 39.8 Å². The molecule has 3 heterocycles. The van der Waals surface area contributed by atoms with Crippen LogP contribution in [0.25, 0.3) is 17.1 Å². The summed E-state index contributed by atoms with van der Waals surface area (Å²) in [6.45, 7) is 0. The molecule has 0 unspecified atom stereocenters. The molecule has 1 aliphatic rings. The van der Waals surface area contributed by atoms with E-state index in [9.17, 15) is 9.59 Å². The molecule has 5 rings (SSSR count). The minimum absolute atomic E-state index is 0.0545. The molecule has 0 atom stereocenters. The van der Waals surface area contributed by atoms with E-state index in [1.54, 1.807) is 24.3 Å². The van der Waals surface area contributed by atoms with Crippen molar-refractivity contribution in [2.75, 3.05) is 4.90 Å². The lowest BCUT2D eigenvalue weighted by Gasteiger charge is -2.28. The average molecular weight is 515 g/mol. The largest absolute Gasteiger partial charge is 0.450 e. The Bertz CT molecular complexity index is 1440. The van der Waals surface area contributed by atoms with Crippen LogP contribution in [0.5, 0.6) is 0 Å². The minimum atomic E-state index is -0.621. The summed E-state index contributed by atoms with van der Waals surface area (Å²) < 4.78 is 5.79. The molecule has 4 aromatic rings. The zero-order valence-electron chi connectivity index (χ0n) is 16.5. The fourth-order valence-electron chi connectivity index (χ4n) is 3.20. The number of nitrogens with zero attached hydrogens (tertiary/aromatic N) is 2. The first kappa shape index (κ1) is 21.7. The van der Waals surface area contributed by atoms with Crippen molar-refractivity contribution >= 4 is 86.9 Å². The molecule has 0 aliphatic carbocycles. The smallest absolute Gasteiger partial charge is 0.270 e. The Morgan fingerprint density at radius 3 is 2.67 bits per heavy atom. The second-order valence-electron chi connectivity index (χ2n) is 6.87. The number of para-hydroxylation sites is 2. The lowest BCUT2D eigenvalue weighted by Crippen LogP contribution is -2.54. The van der Waals surface area contributed by atoms with Crippen LogP contribution in [-0.4, -0.2) is 26.9 Å². The number of benzene rings is 2. The van der Waals surface area contributed by atoms with Crippen molar-refractivity contribution in [3.8, 4) is 0 Å². The number of aromatic amines is 1. The van der Waals surface area contributed by atoms with Gasteiger partial charge in [0.2, 0.25) is 0 Å². The van der Waals surface area contributed by atoms with E-state index >= 15 is 0 Å².